The standard InChI is InChI=1S/C23H22O5S/c1-26-19-11-7-16(13-21(19)28-3)23(25)22(24)15-6-10-18(20(12-15)27-2)14-4-8-17(29)9-5-14/h4-13,23,25,29H,1-3H3. The molecule has 0 heterocycles. The summed E-state index contributed by atoms with van der Waals surface area (Å²) >= 11 is 4.30. The smallest absolute Gasteiger partial charge is 0.195 e. The van der Waals surface area contributed by atoms with E-state index in [1.54, 1.807) is 43.5 Å². The van der Waals surface area contributed by atoms with Gasteiger partial charge in [0.15, 0.2) is 17.3 Å². The maximum Gasteiger partial charge on any atom is 0.195 e. The number of aliphatic hydroxyl groups is 1. The molecule has 3 rings (SSSR count). The Bertz CT molecular complexity index is 1010. The first-order chi connectivity index (χ1) is 14.0. The van der Waals surface area contributed by atoms with Crippen molar-refractivity contribution in [2.75, 3.05) is 21.3 Å². The minimum Gasteiger partial charge on any atom is -0.496 e. The number of rotatable bonds is 7. The van der Waals surface area contributed by atoms with Crippen LogP contribution in [0, 0.1) is 0 Å². The topological polar surface area (TPSA) is 65.0 Å². The minimum atomic E-state index is -1.34. The minimum absolute atomic E-state index is 0.346. The van der Waals surface area contributed by atoms with E-state index >= 15 is 0 Å². The fraction of sp³-hybridized carbons (Fsp3) is 0.174. The second-order valence-corrected chi connectivity index (χ2v) is 6.86. The molecule has 0 spiro atoms. The van der Waals surface area contributed by atoms with Crippen LogP contribution in [-0.2, 0) is 0 Å². The molecule has 3 aromatic rings. The van der Waals surface area contributed by atoms with Crippen molar-refractivity contribution in [3.63, 3.8) is 0 Å². The van der Waals surface area contributed by atoms with E-state index in [2.05, 4.69) is 12.6 Å². The van der Waals surface area contributed by atoms with Crippen LogP contribution in [0.3, 0.4) is 0 Å². The molecule has 150 valence electrons. The molecule has 0 saturated heterocycles. The summed E-state index contributed by atoms with van der Waals surface area (Å²) < 4.78 is 15.9. The van der Waals surface area contributed by atoms with Crippen molar-refractivity contribution < 1.29 is 24.1 Å². The highest BCUT2D eigenvalue weighted by Crippen LogP contribution is 2.34. The molecule has 1 N–H and O–H groups in total. The van der Waals surface area contributed by atoms with E-state index in [-0.39, 0.29) is 0 Å². The number of hydrogen-bond acceptors (Lipinski definition) is 6. The molecule has 0 aliphatic carbocycles. The Morgan fingerprint density at radius 3 is 2.10 bits per heavy atom. The first-order valence-electron chi connectivity index (χ1n) is 8.90. The SMILES string of the molecule is COc1ccc(C(O)C(=O)c2ccc(-c3ccc(S)cc3)c(OC)c2)cc1OC. The molecule has 0 saturated carbocycles. The number of benzene rings is 3. The molecule has 0 aliphatic heterocycles. The highest BCUT2D eigenvalue weighted by Gasteiger charge is 2.22. The zero-order valence-corrected chi connectivity index (χ0v) is 17.3. The summed E-state index contributed by atoms with van der Waals surface area (Å²) in [6.45, 7) is 0. The second kappa shape index (κ2) is 9.03. The van der Waals surface area contributed by atoms with Gasteiger partial charge in [0.25, 0.3) is 0 Å². The van der Waals surface area contributed by atoms with Gasteiger partial charge in [-0.2, -0.15) is 0 Å². The van der Waals surface area contributed by atoms with Crippen LogP contribution in [0.1, 0.15) is 22.0 Å². The second-order valence-electron chi connectivity index (χ2n) is 6.34. The number of ether oxygens (including phenoxy) is 3. The molecular weight excluding hydrogens is 388 g/mol. The Labute approximate surface area is 175 Å². The van der Waals surface area contributed by atoms with E-state index in [4.69, 9.17) is 14.2 Å². The van der Waals surface area contributed by atoms with Gasteiger partial charge in [0, 0.05) is 16.0 Å². The number of Topliss-reactive ketones (excluding diaryl/α,β-unsaturated/α-hetero) is 1. The van der Waals surface area contributed by atoms with Gasteiger partial charge < -0.3 is 19.3 Å². The summed E-state index contributed by atoms with van der Waals surface area (Å²) in [4.78, 5) is 13.7. The van der Waals surface area contributed by atoms with Crippen LogP contribution in [0.5, 0.6) is 17.2 Å². The molecule has 5 nitrogen and oxygen atoms in total. The summed E-state index contributed by atoms with van der Waals surface area (Å²) in [5, 5.41) is 10.6. The van der Waals surface area contributed by atoms with Gasteiger partial charge in [-0.05, 0) is 47.5 Å². The normalized spacial score (nSPS) is 11.6. The first kappa shape index (κ1) is 20.8. The third kappa shape index (κ3) is 4.39. The lowest BCUT2D eigenvalue weighted by Gasteiger charge is -2.15. The van der Waals surface area contributed by atoms with Crippen molar-refractivity contribution in [1.29, 1.82) is 0 Å². The van der Waals surface area contributed by atoms with Gasteiger partial charge in [-0.15, -0.1) is 12.6 Å². The van der Waals surface area contributed by atoms with Crippen molar-refractivity contribution in [3.8, 4) is 28.4 Å². The fourth-order valence-corrected chi connectivity index (χ4v) is 3.21. The molecular formula is C23H22O5S. The number of thiol groups is 1. The Kier molecular flexibility index (Phi) is 6.46. The molecule has 0 bridgehead atoms. The van der Waals surface area contributed by atoms with E-state index < -0.39 is 11.9 Å². The number of aliphatic hydroxyl groups excluding tert-OH is 1. The lowest BCUT2D eigenvalue weighted by molar-refractivity contribution is 0.0746. The Morgan fingerprint density at radius 2 is 1.48 bits per heavy atom. The number of hydrogen-bond donors (Lipinski definition) is 2. The van der Waals surface area contributed by atoms with Crippen LogP contribution in [0.25, 0.3) is 11.1 Å². The quantitative estimate of drug-likeness (QED) is 0.441. The predicted octanol–water partition coefficient (Wildman–Crippen LogP) is 4.58. The maximum absolute atomic E-state index is 12.9. The molecule has 0 radical (unpaired) electrons. The fourth-order valence-electron chi connectivity index (χ4n) is 3.06. The Morgan fingerprint density at radius 1 is 0.828 bits per heavy atom. The van der Waals surface area contributed by atoms with Gasteiger partial charge in [0.1, 0.15) is 11.9 Å². The summed E-state index contributed by atoms with van der Waals surface area (Å²) in [5.74, 6) is 1.07. The van der Waals surface area contributed by atoms with Gasteiger partial charge in [0.05, 0.1) is 21.3 Å². The molecule has 0 amide bonds. The van der Waals surface area contributed by atoms with Crippen molar-refractivity contribution >= 4 is 18.4 Å². The van der Waals surface area contributed by atoms with Gasteiger partial charge in [-0.25, -0.2) is 0 Å². The van der Waals surface area contributed by atoms with E-state index in [9.17, 15) is 9.90 Å². The van der Waals surface area contributed by atoms with E-state index in [1.165, 1.54) is 14.2 Å². The molecule has 6 heteroatoms. The molecule has 1 atom stereocenters. The zero-order chi connectivity index (χ0) is 21.0. The molecule has 0 aliphatic rings. The van der Waals surface area contributed by atoms with Gasteiger partial charge in [-0.3, -0.25) is 4.79 Å². The summed E-state index contributed by atoms with van der Waals surface area (Å²) in [6, 6.07) is 17.6. The number of ketones is 1. The summed E-state index contributed by atoms with van der Waals surface area (Å²) in [5.41, 5.74) is 2.55. The van der Waals surface area contributed by atoms with Crippen LogP contribution < -0.4 is 14.2 Å². The zero-order valence-electron chi connectivity index (χ0n) is 16.4. The van der Waals surface area contributed by atoms with Gasteiger partial charge in [0.2, 0.25) is 0 Å². The molecule has 29 heavy (non-hydrogen) atoms. The predicted molar refractivity (Wildman–Crippen MR) is 115 cm³/mol. The van der Waals surface area contributed by atoms with Crippen LogP contribution >= 0.6 is 12.6 Å². The molecule has 1 unspecified atom stereocenters. The third-order valence-corrected chi connectivity index (χ3v) is 4.93. The van der Waals surface area contributed by atoms with Crippen LogP contribution in [0.4, 0.5) is 0 Å². The first-order valence-corrected chi connectivity index (χ1v) is 9.35. The lowest BCUT2D eigenvalue weighted by atomic mass is 9.96. The van der Waals surface area contributed by atoms with Crippen molar-refractivity contribution in [2.45, 2.75) is 11.0 Å². The number of methoxy groups -OCH3 is 3. The Hall–Kier alpha value is -2.96. The number of carbonyl (C=O) groups is 1. The highest BCUT2D eigenvalue weighted by atomic mass is 32.1. The summed E-state index contributed by atoms with van der Waals surface area (Å²) in [6.07, 6.45) is -1.34. The van der Waals surface area contributed by atoms with Crippen LogP contribution in [0.15, 0.2) is 65.6 Å². The van der Waals surface area contributed by atoms with E-state index in [0.29, 0.717) is 28.4 Å². The highest BCUT2D eigenvalue weighted by molar-refractivity contribution is 7.80. The monoisotopic (exact) mass is 410 g/mol. The lowest BCUT2D eigenvalue weighted by Crippen LogP contribution is -2.13. The third-order valence-electron chi connectivity index (χ3n) is 4.64. The van der Waals surface area contributed by atoms with Gasteiger partial charge >= 0.3 is 0 Å². The van der Waals surface area contributed by atoms with E-state index in [0.717, 1.165) is 16.0 Å². The largest absolute Gasteiger partial charge is 0.496 e. The van der Waals surface area contributed by atoms with Crippen LogP contribution in [-0.4, -0.2) is 32.2 Å². The average molecular weight is 410 g/mol. The van der Waals surface area contributed by atoms with Crippen molar-refractivity contribution in [1.82, 2.24) is 0 Å². The van der Waals surface area contributed by atoms with Crippen molar-refractivity contribution in [2.24, 2.45) is 0 Å². The molecule has 0 fully saturated rings. The molecule has 0 aromatic heterocycles. The summed E-state index contributed by atoms with van der Waals surface area (Å²) in [7, 11) is 4.57. The maximum atomic E-state index is 12.9. The van der Waals surface area contributed by atoms with Crippen molar-refractivity contribution in [3.05, 3.63) is 71.8 Å². The molecule has 3 aromatic carbocycles. The van der Waals surface area contributed by atoms with Gasteiger partial charge in [-0.1, -0.05) is 24.3 Å². The number of carbonyl (C=O) groups excluding carboxylic acids is 1. The Balaban J connectivity index is 1.92. The van der Waals surface area contributed by atoms with Crippen LogP contribution in [0.2, 0.25) is 0 Å². The van der Waals surface area contributed by atoms with E-state index in [1.807, 2.05) is 24.3 Å². The average Bonchev–Trinajstić information content (AvgIpc) is 2.77.